The molecule has 1 N–H and O–H groups in total. The average molecular weight is 523 g/mol. The number of allylic oxidation sites excluding steroid dienone is 4. The molecule has 2 aliphatic carbocycles. The van der Waals surface area contributed by atoms with E-state index in [-0.39, 0.29) is 11.7 Å². The standard InChI is InChI=1S/C30H23NO2.C6H7N/c32-29(27-11-6-18-31-30(27)33-23-8-2-1-3-9-23)22-13-12-21-15-16-25-24-10-5-4-7-20(24)14-17-26(25)28(21)19-22;1-2-4-6-7-5-3-1/h1-11,15-19,22H,12-14H2;1-7H. The second kappa shape index (κ2) is 11.8. The summed E-state index contributed by atoms with van der Waals surface area (Å²) in [6.07, 6.45) is 20.3. The van der Waals surface area contributed by atoms with Crippen LogP contribution in [0.15, 0.2) is 122 Å². The molecule has 0 saturated carbocycles. The van der Waals surface area contributed by atoms with Gasteiger partial charge in [-0.2, -0.15) is 0 Å². The summed E-state index contributed by atoms with van der Waals surface area (Å²) in [6.45, 7) is 0. The Balaban J connectivity index is 0.000000363. The van der Waals surface area contributed by atoms with Crippen molar-refractivity contribution in [2.45, 2.75) is 19.3 Å². The van der Waals surface area contributed by atoms with E-state index in [2.05, 4.69) is 58.9 Å². The fourth-order valence-corrected chi connectivity index (χ4v) is 5.39. The third kappa shape index (κ3) is 5.43. The van der Waals surface area contributed by atoms with Crippen LogP contribution in [0.25, 0.3) is 23.3 Å². The molecule has 0 radical (unpaired) electrons. The Morgan fingerprint density at radius 2 is 1.57 bits per heavy atom. The molecule has 40 heavy (non-hydrogen) atoms. The first kappa shape index (κ1) is 25.3. The molecule has 0 fully saturated rings. The van der Waals surface area contributed by atoms with Crippen molar-refractivity contribution in [1.82, 2.24) is 10.3 Å². The maximum Gasteiger partial charge on any atom is 0.230 e. The van der Waals surface area contributed by atoms with E-state index in [1.54, 1.807) is 12.3 Å². The fraction of sp³-hybridized carbons (Fsp3) is 0.111. The van der Waals surface area contributed by atoms with Gasteiger partial charge in [0.1, 0.15) is 5.75 Å². The molecule has 4 heteroatoms. The molecule has 196 valence electrons. The van der Waals surface area contributed by atoms with Gasteiger partial charge in [0, 0.05) is 24.5 Å². The fourth-order valence-electron chi connectivity index (χ4n) is 5.39. The number of ether oxygens (including phenoxy) is 1. The summed E-state index contributed by atoms with van der Waals surface area (Å²) in [5.41, 5.74) is 5.76. The van der Waals surface area contributed by atoms with Gasteiger partial charge in [0.05, 0.1) is 5.56 Å². The van der Waals surface area contributed by atoms with Gasteiger partial charge in [0.25, 0.3) is 0 Å². The highest BCUT2D eigenvalue weighted by atomic mass is 16.5. The molecule has 2 heterocycles. The van der Waals surface area contributed by atoms with Gasteiger partial charge < -0.3 is 10.1 Å². The van der Waals surface area contributed by atoms with Gasteiger partial charge in [-0.25, -0.2) is 4.98 Å². The molecular weight excluding hydrogens is 492 g/mol. The normalized spacial score (nSPS) is 15.8. The average Bonchev–Trinajstić information content (AvgIpc) is 3.35. The summed E-state index contributed by atoms with van der Waals surface area (Å²) >= 11 is 0. The Bertz CT molecular complexity index is 1740. The number of hydrogen-bond donors (Lipinski definition) is 1. The van der Waals surface area contributed by atoms with Gasteiger partial charge in [0.15, 0.2) is 5.78 Å². The van der Waals surface area contributed by atoms with Crippen LogP contribution >= 0.6 is 0 Å². The zero-order valence-electron chi connectivity index (χ0n) is 22.2. The Morgan fingerprint density at radius 1 is 0.775 bits per heavy atom. The quantitative estimate of drug-likeness (QED) is 0.321. The predicted molar refractivity (Wildman–Crippen MR) is 161 cm³/mol. The van der Waals surface area contributed by atoms with Gasteiger partial charge in [-0.05, 0) is 88.4 Å². The minimum absolute atomic E-state index is 0.0634. The zero-order valence-corrected chi connectivity index (χ0v) is 22.2. The van der Waals surface area contributed by atoms with Crippen molar-refractivity contribution in [2.75, 3.05) is 0 Å². The van der Waals surface area contributed by atoms with Gasteiger partial charge in [0.2, 0.25) is 5.88 Å². The van der Waals surface area contributed by atoms with Crippen LogP contribution in [0.2, 0.25) is 0 Å². The molecule has 0 spiro atoms. The first-order valence-electron chi connectivity index (χ1n) is 13.7. The topological polar surface area (TPSA) is 51.2 Å². The summed E-state index contributed by atoms with van der Waals surface area (Å²) in [6, 6.07) is 26.2. The number of nitrogens with zero attached hydrogens (tertiary/aromatic N) is 1. The van der Waals surface area contributed by atoms with E-state index in [1.807, 2.05) is 73.1 Å². The monoisotopic (exact) mass is 522 g/mol. The van der Waals surface area contributed by atoms with Gasteiger partial charge >= 0.3 is 0 Å². The highest BCUT2D eigenvalue weighted by molar-refractivity contribution is 6.03. The molecule has 0 bridgehead atoms. The number of aromatic nitrogens is 1. The van der Waals surface area contributed by atoms with Crippen LogP contribution in [0, 0.1) is 5.92 Å². The molecule has 0 saturated heterocycles. The van der Waals surface area contributed by atoms with Crippen molar-refractivity contribution >= 4 is 17.9 Å². The summed E-state index contributed by atoms with van der Waals surface area (Å²) < 4.78 is 5.97. The number of rotatable bonds is 4. The van der Waals surface area contributed by atoms with E-state index >= 15 is 0 Å². The van der Waals surface area contributed by atoms with Crippen molar-refractivity contribution in [3.8, 4) is 22.8 Å². The summed E-state index contributed by atoms with van der Waals surface area (Å²) in [4.78, 5) is 18.0. The Labute approximate surface area is 234 Å². The number of Topliss-reactive ketones (excluding diaryl/α,β-unsaturated/α-hetero) is 1. The van der Waals surface area contributed by atoms with E-state index in [9.17, 15) is 4.79 Å². The lowest BCUT2D eigenvalue weighted by molar-refractivity contribution is 0.0944. The lowest BCUT2D eigenvalue weighted by Crippen LogP contribution is -2.37. The van der Waals surface area contributed by atoms with Crippen LogP contribution in [0.4, 0.5) is 0 Å². The Kier molecular flexibility index (Phi) is 7.49. The van der Waals surface area contributed by atoms with Gasteiger partial charge in [-0.15, -0.1) is 0 Å². The molecule has 3 aromatic carbocycles. The highest BCUT2D eigenvalue weighted by Crippen LogP contribution is 2.29. The molecule has 1 aliphatic heterocycles. The van der Waals surface area contributed by atoms with Crippen molar-refractivity contribution in [3.05, 3.63) is 149 Å². The summed E-state index contributed by atoms with van der Waals surface area (Å²) in [7, 11) is 0. The third-order valence-electron chi connectivity index (χ3n) is 7.35. The molecule has 3 aliphatic rings. The highest BCUT2D eigenvalue weighted by Gasteiger charge is 2.25. The number of ketones is 1. The number of fused-ring (bicyclic) bond motifs is 5. The Hall–Kier alpha value is -4.96. The molecular formula is C36H30N2O2. The Morgan fingerprint density at radius 3 is 2.42 bits per heavy atom. The molecule has 4 nitrogen and oxygen atoms in total. The van der Waals surface area contributed by atoms with Crippen molar-refractivity contribution in [3.63, 3.8) is 0 Å². The van der Waals surface area contributed by atoms with Crippen molar-refractivity contribution < 1.29 is 9.53 Å². The molecule has 1 unspecified atom stereocenters. The predicted octanol–water partition coefficient (Wildman–Crippen LogP) is 6.28. The minimum Gasteiger partial charge on any atom is -0.438 e. The lowest BCUT2D eigenvalue weighted by Gasteiger charge is -2.22. The third-order valence-corrected chi connectivity index (χ3v) is 7.35. The number of benzene rings is 3. The SMILES string of the molecule is C1=CC=CNC=C1.O=C(c1cccnc1Oc1ccccc1)C1C=c2c(ccc3c2=CCc2ccccc2-3)CC1. The smallest absolute Gasteiger partial charge is 0.230 e. The number of carbonyl (C=O) groups is 1. The van der Waals surface area contributed by atoms with Crippen LogP contribution in [-0.2, 0) is 12.8 Å². The van der Waals surface area contributed by atoms with Gasteiger partial charge in [-0.3, -0.25) is 4.79 Å². The van der Waals surface area contributed by atoms with E-state index in [1.165, 1.54) is 32.7 Å². The van der Waals surface area contributed by atoms with Crippen LogP contribution in [0.3, 0.4) is 0 Å². The maximum absolute atomic E-state index is 13.6. The second-order valence-electron chi connectivity index (χ2n) is 9.88. The van der Waals surface area contributed by atoms with Crippen LogP contribution < -0.4 is 20.5 Å². The van der Waals surface area contributed by atoms with Gasteiger partial charge in [-0.1, -0.05) is 78.9 Å². The first-order chi connectivity index (χ1) is 19.8. The second-order valence-corrected chi connectivity index (χ2v) is 9.88. The zero-order chi connectivity index (χ0) is 27.1. The number of para-hydroxylation sites is 1. The first-order valence-corrected chi connectivity index (χ1v) is 13.7. The summed E-state index contributed by atoms with van der Waals surface area (Å²) in [5.74, 6) is 0.902. The number of aryl methyl sites for hydroxylation is 1. The van der Waals surface area contributed by atoms with Crippen LogP contribution in [-0.4, -0.2) is 10.8 Å². The van der Waals surface area contributed by atoms with E-state index in [0.717, 1.165) is 19.3 Å². The number of hydrogen-bond acceptors (Lipinski definition) is 4. The van der Waals surface area contributed by atoms with E-state index < -0.39 is 0 Å². The van der Waals surface area contributed by atoms with Crippen LogP contribution in [0.1, 0.15) is 27.9 Å². The number of nitrogens with one attached hydrogen (secondary N) is 1. The molecule has 0 amide bonds. The molecule has 4 aromatic rings. The number of carbonyl (C=O) groups excluding carboxylic acids is 1. The lowest BCUT2D eigenvalue weighted by atomic mass is 9.82. The van der Waals surface area contributed by atoms with E-state index in [0.29, 0.717) is 17.2 Å². The molecule has 7 rings (SSSR count). The summed E-state index contributed by atoms with van der Waals surface area (Å²) in [5, 5.41) is 5.39. The molecule has 1 atom stereocenters. The van der Waals surface area contributed by atoms with E-state index in [4.69, 9.17) is 4.74 Å². The van der Waals surface area contributed by atoms with Crippen LogP contribution in [0.5, 0.6) is 11.6 Å². The largest absolute Gasteiger partial charge is 0.438 e. The number of pyridine rings is 1. The van der Waals surface area contributed by atoms with Crippen molar-refractivity contribution in [2.24, 2.45) is 5.92 Å². The minimum atomic E-state index is -0.197. The molecule has 1 aromatic heterocycles. The van der Waals surface area contributed by atoms with Crippen molar-refractivity contribution in [1.29, 1.82) is 0 Å². The maximum atomic E-state index is 13.6.